The molecule has 0 radical (unpaired) electrons. The monoisotopic (exact) mass is 415 g/mol. The first-order valence-electron chi connectivity index (χ1n) is 10.3. The highest BCUT2D eigenvalue weighted by atomic mass is 16.5. The Labute approximate surface area is 176 Å². The molecular weight excluding hydrogens is 386 g/mol. The summed E-state index contributed by atoms with van der Waals surface area (Å²) in [6.07, 6.45) is 0.997. The van der Waals surface area contributed by atoms with Crippen LogP contribution >= 0.6 is 0 Å². The summed E-state index contributed by atoms with van der Waals surface area (Å²) in [6, 6.07) is 7.08. The quantitative estimate of drug-likeness (QED) is 0.657. The number of likely N-dealkylation sites (N-methyl/N-ethyl adjacent to an activating group) is 1. The summed E-state index contributed by atoms with van der Waals surface area (Å²) >= 11 is 0. The highest BCUT2D eigenvalue weighted by molar-refractivity contribution is 5.94. The van der Waals surface area contributed by atoms with Gasteiger partial charge in [-0.05, 0) is 24.3 Å². The van der Waals surface area contributed by atoms with E-state index in [9.17, 15) is 9.59 Å². The molecule has 2 aromatic rings. The third-order valence-corrected chi connectivity index (χ3v) is 5.08. The molecule has 0 atom stereocenters. The van der Waals surface area contributed by atoms with Crippen LogP contribution in [0.4, 0.5) is 0 Å². The second-order valence-electron chi connectivity index (χ2n) is 7.22. The molecule has 9 heteroatoms. The van der Waals surface area contributed by atoms with Gasteiger partial charge >= 0.3 is 0 Å². The molecule has 3 rings (SSSR count). The summed E-state index contributed by atoms with van der Waals surface area (Å²) in [5.74, 6) is 0.918. The van der Waals surface area contributed by atoms with Gasteiger partial charge in [0, 0.05) is 63.7 Å². The number of amides is 2. The molecule has 1 aliphatic heterocycles. The minimum atomic E-state index is -0.107. The van der Waals surface area contributed by atoms with Gasteiger partial charge in [0.25, 0.3) is 11.8 Å². The molecule has 0 unspecified atom stereocenters. The third kappa shape index (κ3) is 6.11. The van der Waals surface area contributed by atoms with E-state index in [0.29, 0.717) is 43.2 Å². The second-order valence-corrected chi connectivity index (χ2v) is 7.22. The van der Waals surface area contributed by atoms with Crippen LogP contribution < -0.4 is 5.32 Å². The lowest BCUT2D eigenvalue weighted by Gasteiger charge is -2.26. The van der Waals surface area contributed by atoms with Crippen LogP contribution in [0.5, 0.6) is 0 Å². The molecule has 1 aromatic carbocycles. The van der Waals surface area contributed by atoms with Gasteiger partial charge in [0.15, 0.2) is 5.82 Å². The number of nitrogens with one attached hydrogen (secondary N) is 1. The van der Waals surface area contributed by atoms with Crippen molar-refractivity contribution in [3.8, 4) is 11.5 Å². The van der Waals surface area contributed by atoms with Gasteiger partial charge in [-0.2, -0.15) is 4.98 Å². The van der Waals surface area contributed by atoms with Crippen molar-refractivity contribution in [1.82, 2.24) is 25.3 Å². The van der Waals surface area contributed by atoms with E-state index in [1.165, 1.54) is 0 Å². The fourth-order valence-corrected chi connectivity index (χ4v) is 3.15. The number of hydrogen-bond acceptors (Lipinski definition) is 7. The molecule has 1 aromatic heterocycles. The van der Waals surface area contributed by atoms with Gasteiger partial charge in [-0.3, -0.25) is 14.5 Å². The molecule has 0 saturated carbocycles. The summed E-state index contributed by atoms with van der Waals surface area (Å²) in [6.45, 7) is 7.10. The summed E-state index contributed by atoms with van der Waals surface area (Å²) in [4.78, 5) is 32.3. The Morgan fingerprint density at radius 3 is 2.63 bits per heavy atom. The Hall–Kier alpha value is -2.78. The van der Waals surface area contributed by atoms with Crippen LogP contribution in [-0.4, -0.2) is 84.7 Å². The average Bonchev–Trinajstić information content (AvgIpc) is 3.26. The van der Waals surface area contributed by atoms with E-state index in [2.05, 4.69) is 20.4 Å². The molecule has 1 aliphatic rings. The SMILES string of the molecule is CCC(=O)N(C)CCc1noc(-c2ccc(C(=O)NCCN3CCOCC3)cc2)n1. The molecule has 162 valence electrons. The van der Waals surface area contributed by atoms with Crippen molar-refractivity contribution in [2.24, 2.45) is 0 Å². The van der Waals surface area contributed by atoms with Gasteiger partial charge < -0.3 is 19.5 Å². The molecule has 2 amide bonds. The highest BCUT2D eigenvalue weighted by Gasteiger charge is 2.13. The van der Waals surface area contributed by atoms with E-state index in [1.54, 1.807) is 36.2 Å². The van der Waals surface area contributed by atoms with E-state index in [0.717, 1.165) is 38.4 Å². The number of nitrogens with zero attached hydrogens (tertiary/aromatic N) is 4. The number of carbonyl (C=O) groups is 2. The van der Waals surface area contributed by atoms with Gasteiger partial charge in [-0.15, -0.1) is 0 Å². The lowest BCUT2D eigenvalue weighted by Crippen LogP contribution is -2.41. The Morgan fingerprint density at radius 2 is 1.93 bits per heavy atom. The van der Waals surface area contributed by atoms with Crippen molar-refractivity contribution in [3.63, 3.8) is 0 Å². The lowest BCUT2D eigenvalue weighted by atomic mass is 10.1. The van der Waals surface area contributed by atoms with Crippen LogP contribution in [0, 0.1) is 0 Å². The third-order valence-electron chi connectivity index (χ3n) is 5.08. The minimum absolute atomic E-state index is 0.0810. The smallest absolute Gasteiger partial charge is 0.257 e. The van der Waals surface area contributed by atoms with E-state index >= 15 is 0 Å². The van der Waals surface area contributed by atoms with Crippen molar-refractivity contribution >= 4 is 11.8 Å². The first kappa shape index (κ1) is 21.9. The average molecular weight is 415 g/mol. The number of hydrogen-bond donors (Lipinski definition) is 1. The van der Waals surface area contributed by atoms with Crippen LogP contribution in [-0.2, 0) is 16.0 Å². The van der Waals surface area contributed by atoms with Crippen molar-refractivity contribution in [2.75, 3.05) is 53.0 Å². The van der Waals surface area contributed by atoms with Crippen molar-refractivity contribution in [1.29, 1.82) is 0 Å². The molecule has 30 heavy (non-hydrogen) atoms. The van der Waals surface area contributed by atoms with Crippen molar-refractivity contribution in [2.45, 2.75) is 19.8 Å². The van der Waals surface area contributed by atoms with E-state index in [-0.39, 0.29) is 11.8 Å². The largest absolute Gasteiger partial charge is 0.379 e. The molecule has 0 bridgehead atoms. The van der Waals surface area contributed by atoms with Crippen LogP contribution in [0.25, 0.3) is 11.5 Å². The zero-order valence-electron chi connectivity index (χ0n) is 17.6. The Kier molecular flexibility index (Phi) is 7.92. The first-order valence-corrected chi connectivity index (χ1v) is 10.3. The maximum Gasteiger partial charge on any atom is 0.257 e. The number of carbonyl (C=O) groups excluding carboxylic acids is 2. The number of rotatable bonds is 9. The van der Waals surface area contributed by atoms with E-state index in [4.69, 9.17) is 9.26 Å². The number of ether oxygens (including phenoxy) is 1. The van der Waals surface area contributed by atoms with E-state index < -0.39 is 0 Å². The molecule has 1 N–H and O–H groups in total. The molecular formula is C21H29N5O4. The van der Waals surface area contributed by atoms with Crippen LogP contribution in [0.3, 0.4) is 0 Å². The zero-order chi connectivity index (χ0) is 21.3. The number of morpholine rings is 1. The van der Waals surface area contributed by atoms with Gasteiger partial charge in [-0.1, -0.05) is 12.1 Å². The fourth-order valence-electron chi connectivity index (χ4n) is 3.15. The van der Waals surface area contributed by atoms with Crippen LogP contribution in [0.15, 0.2) is 28.8 Å². The normalized spacial score (nSPS) is 14.5. The van der Waals surface area contributed by atoms with Gasteiger partial charge in [-0.25, -0.2) is 0 Å². The lowest BCUT2D eigenvalue weighted by molar-refractivity contribution is -0.129. The van der Waals surface area contributed by atoms with Gasteiger partial charge in [0.1, 0.15) is 0 Å². The predicted octanol–water partition coefficient (Wildman–Crippen LogP) is 1.21. The molecule has 9 nitrogen and oxygen atoms in total. The van der Waals surface area contributed by atoms with Crippen molar-refractivity contribution < 1.29 is 18.8 Å². The van der Waals surface area contributed by atoms with Gasteiger partial charge in [0.05, 0.1) is 13.2 Å². The van der Waals surface area contributed by atoms with E-state index in [1.807, 2.05) is 6.92 Å². The minimum Gasteiger partial charge on any atom is -0.379 e. The Balaban J connectivity index is 1.48. The predicted molar refractivity (Wildman–Crippen MR) is 111 cm³/mol. The topological polar surface area (TPSA) is 101 Å². The zero-order valence-corrected chi connectivity index (χ0v) is 17.6. The number of aromatic nitrogens is 2. The summed E-state index contributed by atoms with van der Waals surface area (Å²) in [7, 11) is 1.76. The molecule has 0 spiro atoms. The first-order chi connectivity index (χ1) is 14.6. The standard InChI is InChI=1S/C21H29N5O4/c1-3-19(27)25(2)10-8-18-23-21(30-24-18)17-6-4-16(5-7-17)20(28)22-9-11-26-12-14-29-15-13-26/h4-7H,3,8-15H2,1-2H3,(H,22,28). The van der Waals surface area contributed by atoms with Crippen molar-refractivity contribution in [3.05, 3.63) is 35.7 Å². The summed E-state index contributed by atoms with van der Waals surface area (Å²) in [5, 5.41) is 6.92. The number of benzene rings is 1. The molecule has 0 aliphatic carbocycles. The van der Waals surface area contributed by atoms with Crippen LogP contribution in [0.2, 0.25) is 0 Å². The molecule has 1 fully saturated rings. The fraction of sp³-hybridized carbons (Fsp3) is 0.524. The highest BCUT2D eigenvalue weighted by Crippen LogP contribution is 2.18. The summed E-state index contributed by atoms with van der Waals surface area (Å²) < 4.78 is 10.6. The Morgan fingerprint density at radius 1 is 1.20 bits per heavy atom. The Bertz CT molecular complexity index is 830. The second kappa shape index (κ2) is 10.8. The maximum absolute atomic E-state index is 12.3. The molecule has 1 saturated heterocycles. The van der Waals surface area contributed by atoms with Gasteiger partial charge in [0.2, 0.25) is 5.91 Å². The molecule has 2 heterocycles. The summed E-state index contributed by atoms with van der Waals surface area (Å²) in [5.41, 5.74) is 1.33. The van der Waals surface area contributed by atoms with Crippen LogP contribution in [0.1, 0.15) is 29.5 Å². The maximum atomic E-state index is 12.3.